The van der Waals surface area contributed by atoms with Crippen LogP contribution in [-0.2, 0) is 0 Å². The number of aliphatic hydroxyl groups is 2. The minimum absolute atomic E-state index is 0.0360. The van der Waals surface area contributed by atoms with Gasteiger partial charge in [0, 0.05) is 26.2 Å². The van der Waals surface area contributed by atoms with Gasteiger partial charge in [0.25, 0.3) is 0 Å². The first-order valence-corrected chi connectivity index (χ1v) is 25.1. The molecule has 8 N–H and O–H groups in total. The number of nitrogens with zero attached hydrogens (tertiary/aromatic N) is 2. The molecule has 6 atom stereocenters. The van der Waals surface area contributed by atoms with Crippen molar-refractivity contribution in [3.63, 3.8) is 0 Å². The normalized spacial score (nSPS) is 17.6. The zero-order valence-corrected chi connectivity index (χ0v) is 38.3. The highest BCUT2D eigenvalue weighted by molar-refractivity contribution is 4.85. The van der Waals surface area contributed by atoms with Crippen LogP contribution >= 0.6 is 0 Å². The lowest BCUT2D eigenvalue weighted by atomic mass is 9.92. The van der Waals surface area contributed by atoms with Crippen LogP contribution in [0.5, 0.6) is 0 Å². The fraction of sp³-hybridized carbons (Fsp3) is 1.00. The van der Waals surface area contributed by atoms with Crippen LogP contribution in [0.3, 0.4) is 0 Å². The second-order valence-electron chi connectivity index (χ2n) is 18.2. The average molecular weight is 795 g/mol. The van der Waals surface area contributed by atoms with Crippen LogP contribution in [0.2, 0.25) is 0 Å². The summed E-state index contributed by atoms with van der Waals surface area (Å²) in [6, 6.07) is 0. The Hall–Kier alpha value is -0.320. The molecule has 0 bridgehead atoms. The molecule has 0 aromatic carbocycles. The molecule has 6 unspecified atom stereocenters. The van der Waals surface area contributed by atoms with Crippen LogP contribution < -0.4 is 22.1 Å². The summed E-state index contributed by atoms with van der Waals surface area (Å²) in [7, 11) is 0. The fourth-order valence-electron chi connectivity index (χ4n) is 9.25. The number of aliphatic hydroxyl groups excluding tert-OH is 2. The van der Waals surface area contributed by atoms with Crippen molar-refractivity contribution in [2.45, 2.75) is 245 Å². The van der Waals surface area contributed by atoms with Gasteiger partial charge < -0.3 is 21.7 Å². The Bertz CT molecular complexity index is 732. The van der Waals surface area contributed by atoms with Crippen molar-refractivity contribution in [1.82, 2.24) is 20.4 Å². The fourth-order valence-corrected chi connectivity index (χ4v) is 9.25. The molecule has 0 aromatic rings. The molecule has 0 spiro atoms. The van der Waals surface area contributed by atoms with Gasteiger partial charge in [-0.25, -0.2) is 0 Å². The smallest absolute Gasteiger partial charge is 0.0863 e. The van der Waals surface area contributed by atoms with E-state index in [1.165, 1.54) is 167 Å². The van der Waals surface area contributed by atoms with Gasteiger partial charge in [0.2, 0.25) is 0 Å². The molecule has 0 aliphatic carbocycles. The SMILES string of the molecule is CCCCCCCCCCCCCC(CCCN)CCNC(C(C)O)N1CCN(C(NCCC(CCCN)CCCCCCCCCCCCC)C(C)O)CC1. The minimum atomic E-state index is -0.438. The molecule has 56 heavy (non-hydrogen) atoms. The van der Waals surface area contributed by atoms with Gasteiger partial charge >= 0.3 is 0 Å². The predicted octanol–water partition coefficient (Wildman–Crippen LogP) is 10.1. The lowest BCUT2D eigenvalue weighted by Crippen LogP contribution is -2.63. The van der Waals surface area contributed by atoms with Crippen molar-refractivity contribution < 1.29 is 10.2 Å². The van der Waals surface area contributed by atoms with E-state index in [9.17, 15) is 10.2 Å². The van der Waals surface area contributed by atoms with Gasteiger partial charge in [-0.2, -0.15) is 0 Å². The van der Waals surface area contributed by atoms with Crippen LogP contribution in [0.15, 0.2) is 0 Å². The van der Waals surface area contributed by atoms with Crippen molar-refractivity contribution in [3.05, 3.63) is 0 Å². The molecule has 1 aliphatic rings. The number of unbranched alkanes of at least 4 members (excludes halogenated alkanes) is 20. The molecule has 0 radical (unpaired) electrons. The predicted molar refractivity (Wildman–Crippen MR) is 245 cm³/mol. The van der Waals surface area contributed by atoms with Gasteiger partial charge in [-0.1, -0.05) is 168 Å². The van der Waals surface area contributed by atoms with Gasteiger partial charge in [0.1, 0.15) is 0 Å². The Balaban J connectivity index is 2.41. The molecule has 0 saturated carbocycles. The highest BCUT2D eigenvalue weighted by atomic mass is 16.3. The summed E-state index contributed by atoms with van der Waals surface area (Å²) in [4.78, 5) is 4.85. The maximum absolute atomic E-state index is 10.8. The highest BCUT2D eigenvalue weighted by Gasteiger charge is 2.31. The topological polar surface area (TPSA) is 123 Å². The summed E-state index contributed by atoms with van der Waals surface area (Å²) in [5.41, 5.74) is 11.9. The van der Waals surface area contributed by atoms with Crippen LogP contribution in [0, 0.1) is 11.8 Å². The van der Waals surface area contributed by atoms with Gasteiger partial charge in [0.15, 0.2) is 0 Å². The third-order valence-corrected chi connectivity index (χ3v) is 12.9. The van der Waals surface area contributed by atoms with Gasteiger partial charge in [0.05, 0.1) is 24.5 Å². The van der Waals surface area contributed by atoms with Crippen LogP contribution in [-0.4, -0.2) is 96.9 Å². The quantitative estimate of drug-likeness (QED) is 0.0338. The van der Waals surface area contributed by atoms with Gasteiger partial charge in [-0.3, -0.25) is 20.4 Å². The summed E-state index contributed by atoms with van der Waals surface area (Å²) in [6.07, 6.45) is 39.2. The van der Waals surface area contributed by atoms with Crippen molar-refractivity contribution in [3.8, 4) is 0 Å². The molecule has 0 aromatic heterocycles. The van der Waals surface area contributed by atoms with Crippen LogP contribution in [0.4, 0.5) is 0 Å². The number of hydrogen-bond donors (Lipinski definition) is 6. The number of nitrogens with one attached hydrogen (secondary N) is 2. The number of piperazine rings is 1. The van der Waals surface area contributed by atoms with E-state index in [0.717, 1.165) is 78.0 Å². The Morgan fingerprint density at radius 2 is 0.679 bits per heavy atom. The first-order chi connectivity index (χ1) is 27.4. The number of hydrogen-bond acceptors (Lipinski definition) is 8. The first-order valence-electron chi connectivity index (χ1n) is 25.1. The van der Waals surface area contributed by atoms with E-state index in [2.05, 4.69) is 34.3 Å². The molecule has 1 saturated heterocycles. The standard InChI is InChI=1S/C48H102N6O2/c1-5-7-9-11-13-15-17-19-21-23-25-29-45(31-27-35-49)33-37-51-47(43(3)55)53-39-41-54(42-40-53)48(44(4)56)52-38-34-46(32-28-36-50)30-26-24-22-20-18-16-14-12-10-8-6-2/h43-48,51-52,55-56H,5-42,49-50H2,1-4H3. The molecule has 1 rings (SSSR count). The Kier molecular flexibility index (Phi) is 37.3. The van der Waals surface area contributed by atoms with Crippen molar-refractivity contribution >= 4 is 0 Å². The van der Waals surface area contributed by atoms with E-state index in [1.807, 2.05) is 13.8 Å². The minimum Gasteiger partial charge on any atom is -0.390 e. The third-order valence-electron chi connectivity index (χ3n) is 12.9. The summed E-state index contributed by atoms with van der Waals surface area (Å²) >= 11 is 0. The monoisotopic (exact) mass is 795 g/mol. The van der Waals surface area contributed by atoms with E-state index in [4.69, 9.17) is 11.5 Å². The maximum Gasteiger partial charge on any atom is 0.0863 e. The van der Waals surface area contributed by atoms with Crippen molar-refractivity contribution in [1.29, 1.82) is 0 Å². The van der Waals surface area contributed by atoms with Gasteiger partial charge in [-0.15, -0.1) is 0 Å². The van der Waals surface area contributed by atoms with E-state index >= 15 is 0 Å². The van der Waals surface area contributed by atoms with E-state index < -0.39 is 12.2 Å². The number of nitrogens with two attached hydrogens (primary N) is 2. The van der Waals surface area contributed by atoms with Crippen LogP contribution in [0.25, 0.3) is 0 Å². The molecular formula is C48H102N6O2. The molecule has 0 amide bonds. The van der Waals surface area contributed by atoms with Crippen molar-refractivity contribution in [2.24, 2.45) is 23.3 Å². The Morgan fingerprint density at radius 3 is 0.946 bits per heavy atom. The van der Waals surface area contributed by atoms with Crippen molar-refractivity contribution in [2.75, 3.05) is 52.4 Å². The molecule has 336 valence electrons. The van der Waals surface area contributed by atoms with Crippen LogP contribution in [0.1, 0.15) is 220 Å². The lowest BCUT2D eigenvalue weighted by Gasteiger charge is -2.44. The van der Waals surface area contributed by atoms with E-state index in [0.29, 0.717) is 11.8 Å². The average Bonchev–Trinajstić information content (AvgIpc) is 3.19. The lowest BCUT2D eigenvalue weighted by molar-refractivity contribution is -0.0261. The molecule has 1 aliphatic heterocycles. The molecule has 8 nitrogen and oxygen atoms in total. The highest BCUT2D eigenvalue weighted by Crippen LogP contribution is 2.22. The Morgan fingerprint density at radius 1 is 0.411 bits per heavy atom. The first kappa shape index (κ1) is 53.7. The largest absolute Gasteiger partial charge is 0.390 e. The van der Waals surface area contributed by atoms with Gasteiger partial charge in [-0.05, 0) is 90.4 Å². The summed E-state index contributed by atoms with van der Waals surface area (Å²) < 4.78 is 0. The van der Waals surface area contributed by atoms with E-state index in [-0.39, 0.29) is 12.3 Å². The second-order valence-corrected chi connectivity index (χ2v) is 18.2. The Labute approximate surface area is 350 Å². The molecule has 1 fully saturated rings. The molecular weight excluding hydrogens is 693 g/mol. The summed E-state index contributed by atoms with van der Waals surface area (Å²) in [5, 5.41) is 29.2. The molecule has 8 heteroatoms. The zero-order valence-electron chi connectivity index (χ0n) is 38.3. The second kappa shape index (κ2) is 38.9. The van der Waals surface area contributed by atoms with E-state index in [1.54, 1.807) is 0 Å². The maximum atomic E-state index is 10.8. The molecule has 1 heterocycles. The zero-order chi connectivity index (χ0) is 40.9. The number of rotatable bonds is 42. The summed E-state index contributed by atoms with van der Waals surface area (Å²) in [5.74, 6) is 1.42. The summed E-state index contributed by atoms with van der Waals surface area (Å²) in [6.45, 7) is 15.4. The third kappa shape index (κ3) is 29.0.